The third-order valence-electron chi connectivity index (χ3n) is 4.81. The first-order chi connectivity index (χ1) is 12.4. The number of fused-ring (bicyclic) bond motifs is 1. The first-order valence-electron chi connectivity index (χ1n) is 8.30. The van der Waals surface area contributed by atoms with Crippen molar-refractivity contribution < 1.29 is 23.1 Å². The number of nitrogens with zero attached hydrogens (tertiary/aromatic N) is 1. The summed E-state index contributed by atoms with van der Waals surface area (Å²) in [4.78, 5) is 12.0. The Kier molecular flexibility index (Phi) is 5.13. The highest BCUT2D eigenvalue weighted by Crippen LogP contribution is 2.35. The second kappa shape index (κ2) is 7.19. The molecule has 0 aromatic heterocycles. The summed E-state index contributed by atoms with van der Waals surface area (Å²) in [7, 11) is -2.64. The van der Waals surface area contributed by atoms with Gasteiger partial charge in [-0.15, -0.1) is 0 Å². The SMILES string of the molecule is COC(=O)c1cccc(S(=O)(=O)N2CCc3ccccc3[C@@H]2CO)c1C. The molecule has 1 aliphatic heterocycles. The zero-order valence-corrected chi connectivity index (χ0v) is 15.5. The third-order valence-corrected chi connectivity index (χ3v) is 6.86. The molecule has 0 aliphatic carbocycles. The van der Waals surface area contributed by atoms with Crippen LogP contribution in [0, 0.1) is 6.92 Å². The molecule has 0 amide bonds. The van der Waals surface area contributed by atoms with Gasteiger partial charge in [-0.3, -0.25) is 0 Å². The highest BCUT2D eigenvalue weighted by molar-refractivity contribution is 7.89. The number of benzene rings is 2. The molecule has 1 aliphatic rings. The Balaban J connectivity index is 2.08. The second-order valence-electron chi connectivity index (χ2n) is 6.18. The van der Waals surface area contributed by atoms with E-state index in [0.29, 0.717) is 12.0 Å². The molecule has 0 saturated heterocycles. The van der Waals surface area contributed by atoms with E-state index >= 15 is 0 Å². The van der Waals surface area contributed by atoms with Crippen molar-refractivity contribution in [3.8, 4) is 0 Å². The predicted octanol–water partition coefficient (Wildman–Crippen LogP) is 2.06. The van der Waals surface area contributed by atoms with Crippen LogP contribution in [0.5, 0.6) is 0 Å². The van der Waals surface area contributed by atoms with Gasteiger partial charge in [-0.1, -0.05) is 30.3 Å². The highest BCUT2D eigenvalue weighted by atomic mass is 32.2. The van der Waals surface area contributed by atoms with Crippen LogP contribution < -0.4 is 0 Å². The molecule has 26 heavy (non-hydrogen) atoms. The molecule has 138 valence electrons. The van der Waals surface area contributed by atoms with Crippen molar-refractivity contribution in [3.05, 3.63) is 64.7 Å². The lowest BCUT2D eigenvalue weighted by Crippen LogP contribution is -2.41. The van der Waals surface area contributed by atoms with E-state index in [1.54, 1.807) is 6.92 Å². The van der Waals surface area contributed by atoms with Crippen molar-refractivity contribution >= 4 is 16.0 Å². The van der Waals surface area contributed by atoms with Crippen LogP contribution in [0.2, 0.25) is 0 Å². The fraction of sp³-hybridized carbons (Fsp3) is 0.316. The third kappa shape index (κ3) is 3.02. The number of hydrogen-bond donors (Lipinski definition) is 1. The molecule has 0 fully saturated rings. The van der Waals surface area contributed by atoms with E-state index in [1.165, 1.54) is 29.6 Å². The summed E-state index contributed by atoms with van der Waals surface area (Å²) in [6, 6.07) is 11.4. The van der Waals surface area contributed by atoms with Gasteiger partial charge in [0.15, 0.2) is 0 Å². The largest absolute Gasteiger partial charge is 0.465 e. The number of esters is 1. The Morgan fingerprint density at radius 2 is 1.96 bits per heavy atom. The number of aliphatic hydroxyl groups excluding tert-OH is 1. The lowest BCUT2D eigenvalue weighted by molar-refractivity contribution is 0.0599. The molecule has 3 rings (SSSR count). The molecule has 6 nitrogen and oxygen atoms in total. The molecule has 1 atom stereocenters. The molecule has 7 heteroatoms. The van der Waals surface area contributed by atoms with Crippen molar-refractivity contribution in [1.82, 2.24) is 4.31 Å². The quantitative estimate of drug-likeness (QED) is 0.827. The average Bonchev–Trinajstić information content (AvgIpc) is 2.66. The van der Waals surface area contributed by atoms with E-state index in [2.05, 4.69) is 0 Å². The normalized spacial score (nSPS) is 17.6. The maximum absolute atomic E-state index is 13.3. The number of aliphatic hydroxyl groups is 1. The van der Waals surface area contributed by atoms with Gasteiger partial charge in [0.05, 0.1) is 30.2 Å². The van der Waals surface area contributed by atoms with Gasteiger partial charge in [-0.05, 0) is 42.2 Å². The van der Waals surface area contributed by atoms with Crippen LogP contribution in [-0.4, -0.2) is 44.1 Å². The Bertz CT molecular complexity index is 939. The molecule has 0 bridgehead atoms. The summed E-state index contributed by atoms with van der Waals surface area (Å²) in [5.74, 6) is -0.581. The lowest BCUT2D eigenvalue weighted by Gasteiger charge is -2.35. The minimum atomic E-state index is -3.90. The fourth-order valence-electron chi connectivity index (χ4n) is 3.46. The summed E-state index contributed by atoms with van der Waals surface area (Å²) in [6.45, 7) is 1.55. The molecular formula is C19H21NO5S. The van der Waals surface area contributed by atoms with E-state index in [1.807, 2.05) is 24.3 Å². The van der Waals surface area contributed by atoms with Crippen LogP contribution in [0.25, 0.3) is 0 Å². The van der Waals surface area contributed by atoms with Gasteiger partial charge in [-0.25, -0.2) is 13.2 Å². The number of rotatable bonds is 4. The minimum absolute atomic E-state index is 0.0539. The van der Waals surface area contributed by atoms with Crippen LogP contribution in [0.3, 0.4) is 0 Å². The summed E-state index contributed by atoms with van der Waals surface area (Å²) < 4.78 is 32.7. The fourth-order valence-corrected chi connectivity index (χ4v) is 5.30. The van der Waals surface area contributed by atoms with Gasteiger partial charge in [0.25, 0.3) is 0 Å². The zero-order chi connectivity index (χ0) is 18.9. The van der Waals surface area contributed by atoms with E-state index in [9.17, 15) is 18.3 Å². The topological polar surface area (TPSA) is 83.9 Å². The van der Waals surface area contributed by atoms with Gasteiger partial charge < -0.3 is 9.84 Å². The molecule has 1 N–H and O–H groups in total. The number of carbonyl (C=O) groups excluding carboxylic acids is 1. The average molecular weight is 375 g/mol. The van der Waals surface area contributed by atoms with E-state index < -0.39 is 22.0 Å². The van der Waals surface area contributed by atoms with Gasteiger partial charge in [-0.2, -0.15) is 4.31 Å². The zero-order valence-electron chi connectivity index (χ0n) is 14.7. The monoisotopic (exact) mass is 375 g/mol. The van der Waals surface area contributed by atoms with Gasteiger partial charge >= 0.3 is 5.97 Å². The molecule has 2 aromatic rings. The molecule has 0 radical (unpaired) electrons. The number of methoxy groups -OCH3 is 1. The number of carbonyl (C=O) groups is 1. The van der Waals surface area contributed by atoms with Crippen LogP contribution in [-0.2, 0) is 21.2 Å². The molecule has 1 heterocycles. The first-order valence-corrected chi connectivity index (χ1v) is 9.74. The van der Waals surface area contributed by atoms with Crippen molar-refractivity contribution in [3.63, 3.8) is 0 Å². The summed E-state index contributed by atoms with van der Waals surface area (Å²) in [5.41, 5.74) is 2.41. The standard InChI is InChI=1S/C19H21NO5S/c1-13-15(19(22)25-2)8-5-9-18(13)26(23,24)20-11-10-14-6-3-4-7-16(14)17(20)12-21/h3-9,17,21H,10-12H2,1-2H3/t17-/m0/s1. The van der Waals surface area contributed by atoms with E-state index in [-0.39, 0.29) is 23.6 Å². The summed E-state index contributed by atoms with van der Waals surface area (Å²) >= 11 is 0. The number of sulfonamides is 1. The second-order valence-corrected chi connectivity index (χ2v) is 8.04. The van der Waals surface area contributed by atoms with Crippen molar-refractivity contribution in [2.45, 2.75) is 24.3 Å². The van der Waals surface area contributed by atoms with Gasteiger partial charge in [0, 0.05) is 6.54 Å². The Morgan fingerprint density at radius 1 is 1.23 bits per heavy atom. The van der Waals surface area contributed by atoms with Crippen molar-refractivity contribution in [2.75, 3.05) is 20.3 Å². The Labute approximate surface area is 153 Å². The Hall–Kier alpha value is -2.22. The van der Waals surface area contributed by atoms with Crippen molar-refractivity contribution in [2.24, 2.45) is 0 Å². The predicted molar refractivity (Wildman–Crippen MR) is 96.4 cm³/mol. The smallest absolute Gasteiger partial charge is 0.338 e. The van der Waals surface area contributed by atoms with Gasteiger partial charge in [0.1, 0.15) is 0 Å². The number of ether oxygens (including phenoxy) is 1. The first kappa shape index (κ1) is 18.6. The molecule has 0 spiro atoms. The lowest BCUT2D eigenvalue weighted by atomic mass is 9.95. The molecule has 0 unspecified atom stereocenters. The van der Waals surface area contributed by atoms with Crippen LogP contribution in [0.4, 0.5) is 0 Å². The van der Waals surface area contributed by atoms with Crippen LogP contribution >= 0.6 is 0 Å². The highest BCUT2D eigenvalue weighted by Gasteiger charge is 2.37. The Morgan fingerprint density at radius 3 is 2.65 bits per heavy atom. The van der Waals surface area contributed by atoms with Crippen molar-refractivity contribution in [1.29, 1.82) is 0 Å². The molecular weight excluding hydrogens is 354 g/mol. The number of hydrogen-bond acceptors (Lipinski definition) is 5. The van der Waals surface area contributed by atoms with E-state index in [4.69, 9.17) is 4.74 Å². The molecule has 0 saturated carbocycles. The van der Waals surface area contributed by atoms with Crippen LogP contribution in [0.1, 0.15) is 33.1 Å². The van der Waals surface area contributed by atoms with Crippen LogP contribution in [0.15, 0.2) is 47.4 Å². The maximum Gasteiger partial charge on any atom is 0.338 e. The van der Waals surface area contributed by atoms with Gasteiger partial charge in [0.2, 0.25) is 10.0 Å². The summed E-state index contributed by atoms with van der Waals surface area (Å²) in [5, 5.41) is 9.89. The van der Waals surface area contributed by atoms with E-state index in [0.717, 1.165) is 11.1 Å². The minimum Gasteiger partial charge on any atom is -0.465 e. The maximum atomic E-state index is 13.3. The summed E-state index contributed by atoms with van der Waals surface area (Å²) in [6.07, 6.45) is 0.571. The molecule has 2 aromatic carbocycles.